The van der Waals surface area contributed by atoms with E-state index in [2.05, 4.69) is 6.58 Å². The van der Waals surface area contributed by atoms with Crippen LogP contribution in [-0.4, -0.2) is 18.4 Å². The summed E-state index contributed by atoms with van der Waals surface area (Å²) in [7, 11) is 0. The van der Waals surface area contributed by atoms with E-state index in [4.69, 9.17) is 4.74 Å². The van der Waals surface area contributed by atoms with Crippen molar-refractivity contribution >= 4 is 17.8 Å². The number of carbonyl (C=O) groups excluding carboxylic acids is 2. The van der Waals surface area contributed by atoms with Crippen LogP contribution in [0.4, 0.5) is 0 Å². The van der Waals surface area contributed by atoms with Gasteiger partial charge in [0.25, 0.3) is 0 Å². The molecule has 1 fully saturated rings. The van der Waals surface area contributed by atoms with Gasteiger partial charge in [0.05, 0.1) is 6.61 Å². The van der Waals surface area contributed by atoms with Gasteiger partial charge in [0.1, 0.15) is 5.41 Å². The zero-order valence-electron chi connectivity index (χ0n) is 11.9. The number of ketones is 1. The molecule has 0 aromatic heterocycles. The van der Waals surface area contributed by atoms with E-state index in [-0.39, 0.29) is 11.8 Å². The highest BCUT2D eigenvalue weighted by molar-refractivity contribution is 6.05. The minimum Gasteiger partial charge on any atom is -0.465 e. The van der Waals surface area contributed by atoms with Gasteiger partial charge in [-0.2, -0.15) is 0 Å². The van der Waals surface area contributed by atoms with Gasteiger partial charge in [0.15, 0.2) is 5.78 Å². The van der Waals surface area contributed by atoms with Crippen molar-refractivity contribution in [3.8, 4) is 0 Å². The fourth-order valence-corrected chi connectivity index (χ4v) is 2.79. The summed E-state index contributed by atoms with van der Waals surface area (Å²) in [5.41, 5.74) is 1.04. The molecule has 1 saturated carbocycles. The van der Waals surface area contributed by atoms with Gasteiger partial charge in [-0.05, 0) is 37.3 Å². The molecule has 0 N–H and O–H groups in total. The molecular weight excluding hydrogens is 252 g/mol. The molecule has 20 heavy (non-hydrogen) atoms. The zero-order valence-corrected chi connectivity index (χ0v) is 11.9. The summed E-state index contributed by atoms with van der Waals surface area (Å²) in [6.45, 7) is 5.79. The summed E-state index contributed by atoms with van der Waals surface area (Å²) in [5, 5.41) is 0. The van der Waals surface area contributed by atoms with E-state index in [9.17, 15) is 9.59 Å². The van der Waals surface area contributed by atoms with Crippen LogP contribution < -0.4 is 0 Å². The Kier molecular flexibility index (Phi) is 4.38. The summed E-state index contributed by atoms with van der Waals surface area (Å²) >= 11 is 0. The molecule has 1 aromatic rings. The average molecular weight is 272 g/mol. The van der Waals surface area contributed by atoms with E-state index in [0.29, 0.717) is 25.9 Å². The zero-order chi connectivity index (χ0) is 14.6. The van der Waals surface area contributed by atoms with Gasteiger partial charge in [-0.1, -0.05) is 36.9 Å². The Morgan fingerprint density at radius 1 is 1.40 bits per heavy atom. The lowest BCUT2D eigenvalue weighted by molar-refractivity contribution is -0.158. The van der Waals surface area contributed by atoms with Gasteiger partial charge < -0.3 is 4.74 Å². The summed E-state index contributed by atoms with van der Waals surface area (Å²) in [4.78, 5) is 24.5. The Morgan fingerprint density at radius 3 is 2.60 bits per heavy atom. The lowest BCUT2D eigenvalue weighted by Gasteiger charge is -2.25. The number of esters is 1. The first-order chi connectivity index (χ1) is 9.62. The minimum absolute atomic E-state index is 0.0174. The molecule has 0 spiro atoms. The summed E-state index contributed by atoms with van der Waals surface area (Å²) in [5.74, 6) is -0.348. The third-order valence-corrected chi connectivity index (χ3v) is 3.93. The Balaban J connectivity index is 2.25. The van der Waals surface area contributed by atoms with Gasteiger partial charge in [0.2, 0.25) is 0 Å². The van der Waals surface area contributed by atoms with Crippen molar-refractivity contribution in [2.24, 2.45) is 5.41 Å². The Labute approximate surface area is 119 Å². The molecule has 0 heterocycles. The molecule has 0 aliphatic heterocycles. The number of Topliss-reactive ketones (excluding diaryl/α,β-unsaturated/α-hetero) is 1. The largest absolute Gasteiger partial charge is 0.465 e. The summed E-state index contributed by atoms with van der Waals surface area (Å²) in [6, 6.07) is 7.79. The molecule has 0 bridgehead atoms. The predicted octanol–water partition coefficient (Wildman–Crippen LogP) is 3.17. The Hall–Kier alpha value is -1.90. The van der Waals surface area contributed by atoms with E-state index in [1.54, 1.807) is 13.0 Å². The summed E-state index contributed by atoms with van der Waals surface area (Å²) < 4.78 is 5.14. The molecular formula is C17H20O3. The predicted molar refractivity (Wildman–Crippen MR) is 78.2 cm³/mol. The van der Waals surface area contributed by atoms with Crippen LogP contribution in [0.2, 0.25) is 0 Å². The molecule has 0 radical (unpaired) electrons. The molecule has 0 amide bonds. The van der Waals surface area contributed by atoms with E-state index in [0.717, 1.165) is 17.5 Å². The van der Waals surface area contributed by atoms with Gasteiger partial charge >= 0.3 is 5.97 Å². The first kappa shape index (κ1) is 14.5. The number of carbonyl (C=O) groups is 2. The second-order valence-corrected chi connectivity index (χ2v) is 5.20. The monoisotopic (exact) mass is 272 g/mol. The van der Waals surface area contributed by atoms with Gasteiger partial charge in [-0.15, -0.1) is 0 Å². The van der Waals surface area contributed by atoms with Crippen molar-refractivity contribution < 1.29 is 14.3 Å². The molecule has 1 atom stereocenters. The highest BCUT2D eigenvalue weighted by Gasteiger charge is 2.49. The fourth-order valence-electron chi connectivity index (χ4n) is 2.79. The van der Waals surface area contributed by atoms with Crippen molar-refractivity contribution in [2.75, 3.05) is 6.61 Å². The molecule has 0 saturated heterocycles. The third-order valence-electron chi connectivity index (χ3n) is 3.93. The smallest absolute Gasteiger partial charge is 0.319 e. The van der Waals surface area contributed by atoms with Crippen LogP contribution in [0.25, 0.3) is 6.08 Å². The standard InChI is InChI=1S/C17H20O3/c1-3-13-7-9-14(10-8-13)12-17(16(19)20-4-2)11-5-6-15(17)18/h3,7-10H,1,4-6,11-12H2,2H3. The quantitative estimate of drug-likeness (QED) is 0.611. The highest BCUT2D eigenvalue weighted by Crippen LogP contribution is 2.39. The normalized spacial score (nSPS) is 21.8. The molecule has 3 heteroatoms. The van der Waals surface area contributed by atoms with Gasteiger partial charge in [-0.25, -0.2) is 0 Å². The first-order valence-corrected chi connectivity index (χ1v) is 7.04. The summed E-state index contributed by atoms with van der Waals surface area (Å²) in [6.07, 6.45) is 4.04. The van der Waals surface area contributed by atoms with Crippen molar-refractivity contribution in [1.29, 1.82) is 0 Å². The number of hydrogen-bond donors (Lipinski definition) is 0. The first-order valence-electron chi connectivity index (χ1n) is 7.04. The van der Waals surface area contributed by atoms with E-state index in [1.165, 1.54) is 0 Å². The molecule has 1 aromatic carbocycles. The minimum atomic E-state index is -0.967. The molecule has 3 nitrogen and oxygen atoms in total. The SMILES string of the molecule is C=Cc1ccc(CC2(C(=O)OCC)CCCC2=O)cc1. The average Bonchev–Trinajstić information content (AvgIpc) is 2.82. The van der Waals surface area contributed by atoms with Gasteiger partial charge in [0, 0.05) is 6.42 Å². The molecule has 1 unspecified atom stereocenters. The Morgan fingerprint density at radius 2 is 2.10 bits per heavy atom. The maximum Gasteiger partial charge on any atom is 0.319 e. The van der Waals surface area contributed by atoms with E-state index in [1.807, 2.05) is 24.3 Å². The van der Waals surface area contributed by atoms with Crippen LogP contribution in [0.3, 0.4) is 0 Å². The van der Waals surface area contributed by atoms with Crippen molar-refractivity contribution in [3.05, 3.63) is 42.0 Å². The van der Waals surface area contributed by atoms with Crippen molar-refractivity contribution in [3.63, 3.8) is 0 Å². The fraction of sp³-hybridized carbons (Fsp3) is 0.412. The van der Waals surface area contributed by atoms with Crippen LogP contribution in [0.15, 0.2) is 30.8 Å². The van der Waals surface area contributed by atoms with Crippen LogP contribution in [0.1, 0.15) is 37.3 Å². The second kappa shape index (κ2) is 6.04. The van der Waals surface area contributed by atoms with Crippen LogP contribution in [0, 0.1) is 5.41 Å². The maximum absolute atomic E-state index is 12.2. The van der Waals surface area contributed by atoms with E-state index < -0.39 is 5.41 Å². The molecule has 1 aliphatic carbocycles. The van der Waals surface area contributed by atoms with E-state index >= 15 is 0 Å². The molecule has 1 aliphatic rings. The highest BCUT2D eigenvalue weighted by atomic mass is 16.5. The lowest BCUT2D eigenvalue weighted by atomic mass is 9.79. The van der Waals surface area contributed by atoms with Crippen molar-refractivity contribution in [1.82, 2.24) is 0 Å². The second-order valence-electron chi connectivity index (χ2n) is 5.20. The van der Waals surface area contributed by atoms with Crippen LogP contribution in [-0.2, 0) is 20.7 Å². The third kappa shape index (κ3) is 2.67. The number of benzene rings is 1. The Bertz CT molecular complexity index is 516. The number of ether oxygens (including phenoxy) is 1. The van der Waals surface area contributed by atoms with Crippen LogP contribution in [0.5, 0.6) is 0 Å². The van der Waals surface area contributed by atoms with Crippen LogP contribution >= 0.6 is 0 Å². The number of hydrogen-bond acceptors (Lipinski definition) is 3. The van der Waals surface area contributed by atoms with Crippen molar-refractivity contribution in [2.45, 2.75) is 32.6 Å². The lowest BCUT2D eigenvalue weighted by Crippen LogP contribution is -2.39. The molecule has 106 valence electrons. The topological polar surface area (TPSA) is 43.4 Å². The maximum atomic E-state index is 12.2. The number of rotatable bonds is 5. The molecule has 2 rings (SSSR count). The van der Waals surface area contributed by atoms with Gasteiger partial charge in [-0.3, -0.25) is 9.59 Å².